The van der Waals surface area contributed by atoms with Crippen molar-refractivity contribution in [2.75, 3.05) is 7.05 Å². The standard InChI is InChI=1S/C10H16N4O/c1-7-5-9(15-13-7)6-12-10(11)14(2)8-3-4-8/h5,8H,3-4,6H2,1-2H3,(H2,11,12). The van der Waals surface area contributed by atoms with Crippen molar-refractivity contribution >= 4 is 5.96 Å². The Balaban J connectivity index is 1.92. The highest BCUT2D eigenvalue weighted by Gasteiger charge is 2.27. The lowest BCUT2D eigenvalue weighted by atomic mass is 10.4. The molecule has 2 N–H and O–H groups in total. The number of nitrogens with zero attached hydrogens (tertiary/aromatic N) is 3. The van der Waals surface area contributed by atoms with Gasteiger partial charge >= 0.3 is 0 Å². The highest BCUT2D eigenvalue weighted by atomic mass is 16.5. The summed E-state index contributed by atoms with van der Waals surface area (Å²) in [6, 6.07) is 2.46. The van der Waals surface area contributed by atoms with Gasteiger partial charge in [0.15, 0.2) is 11.7 Å². The third-order valence-corrected chi connectivity index (χ3v) is 2.53. The molecule has 0 bridgehead atoms. The minimum Gasteiger partial charge on any atom is -0.370 e. The van der Waals surface area contributed by atoms with Crippen LogP contribution >= 0.6 is 0 Å². The van der Waals surface area contributed by atoms with Crippen molar-refractivity contribution < 1.29 is 4.52 Å². The zero-order valence-corrected chi connectivity index (χ0v) is 9.10. The molecule has 2 rings (SSSR count). The second-order valence-corrected chi connectivity index (χ2v) is 3.95. The Labute approximate surface area is 88.9 Å². The number of aryl methyl sites for hydroxylation is 1. The molecule has 1 aromatic rings. The summed E-state index contributed by atoms with van der Waals surface area (Å²) in [6.45, 7) is 2.35. The van der Waals surface area contributed by atoms with E-state index in [0.717, 1.165) is 11.5 Å². The maximum Gasteiger partial charge on any atom is 0.191 e. The van der Waals surface area contributed by atoms with Gasteiger partial charge in [-0.3, -0.25) is 0 Å². The minimum absolute atomic E-state index is 0.462. The first-order valence-corrected chi connectivity index (χ1v) is 5.12. The van der Waals surface area contributed by atoms with Crippen LogP contribution in [0.5, 0.6) is 0 Å². The molecule has 0 spiro atoms. The second kappa shape index (κ2) is 3.92. The molecule has 5 nitrogen and oxygen atoms in total. The summed E-state index contributed by atoms with van der Waals surface area (Å²) in [5, 5.41) is 3.79. The number of rotatable bonds is 3. The van der Waals surface area contributed by atoms with Crippen LogP contribution in [0.4, 0.5) is 0 Å². The van der Waals surface area contributed by atoms with Crippen molar-refractivity contribution in [3.63, 3.8) is 0 Å². The highest BCUT2D eigenvalue weighted by Crippen LogP contribution is 2.24. The van der Waals surface area contributed by atoms with Gasteiger partial charge in [-0.25, -0.2) is 4.99 Å². The smallest absolute Gasteiger partial charge is 0.191 e. The fraction of sp³-hybridized carbons (Fsp3) is 0.600. The van der Waals surface area contributed by atoms with E-state index in [4.69, 9.17) is 10.3 Å². The Morgan fingerprint density at radius 1 is 1.73 bits per heavy atom. The van der Waals surface area contributed by atoms with Gasteiger partial charge in [-0.1, -0.05) is 5.16 Å². The number of aromatic nitrogens is 1. The molecule has 1 aromatic heterocycles. The lowest BCUT2D eigenvalue weighted by Gasteiger charge is -2.16. The first kappa shape index (κ1) is 10.0. The number of nitrogens with two attached hydrogens (primary N) is 1. The van der Waals surface area contributed by atoms with Gasteiger partial charge < -0.3 is 15.2 Å². The van der Waals surface area contributed by atoms with Crippen molar-refractivity contribution in [1.82, 2.24) is 10.1 Å². The maximum atomic E-state index is 5.83. The summed E-state index contributed by atoms with van der Waals surface area (Å²) in [7, 11) is 1.97. The molecular weight excluding hydrogens is 192 g/mol. The first-order chi connectivity index (χ1) is 7.16. The van der Waals surface area contributed by atoms with Crippen LogP contribution < -0.4 is 5.73 Å². The summed E-state index contributed by atoms with van der Waals surface area (Å²) < 4.78 is 5.04. The van der Waals surface area contributed by atoms with Crippen LogP contribution in [0.3, 0.4) is 0 Å². The van der Waals surface area contributed by atoms with Crippen LogP contribution in [0.15, 0.2) is 15.6 Å². The van der Waals surface area contributed by atoms with E-state index in [2.05, 4.69) is 10.1 Å². The molecule has 1 aliphatic carbocycles. The fourth-order valence-electron chi connectivity index (χ4n) is 1.41. The van der Waals surface area contributed by atoms with Crippen molar-refractivity contribution in [2.24, 2.45) is 10.7 Å². The molecule has 82 valence electrons. The third-order valence-electron chi connectivity index (χ3n) is 2.53. The molecule has 5 heteroatoms. The van der Waals surface area contributed by atoms with E-state index in [9.17, 15) is 0 Å². The largest absolute Gasteiger partial charge is 0.370 e. The molecule has 0 aliphatic heterocycles. The Kier molecular flexibility index (Phi) is 2.62. The molecule has 1 heterocycles. The van der Waals surface area contributed by atoms with Crippen LogP contribution in [-0.4, -0.2) is 29.1 Å². The average molecular weight is 208 g/mol. The average Bonchev–Trinajstić information content (AvgIpc) is 2.98. The molecule has 0 radical (unpaired) electrons. The monoisotopic (exact) mass is 208 g/mol. The molecular formula is C10H16N4O. The van der Waals surface area contributed by atoms with Crippen LogP contribution in [0.1, 0.15) is 24.3 Å². The molecule has 1 saturated carbocycles. The zero-order valence-electron chi connectivity index (χ0n) is 9.10. The number of hydrogen-bond acceptors (Lipinski definition) is 3. The maximum absolute atomic E-state index is 5.83. The molecule has 15 heavy (non-hydrogen) atoms. The molecule has 0 aromatic carbocycles. The minimum atomic E-state index is 0.462. The summed E-state index contributed by atoms with van der Waals surface area (Å²) in [5.41, 5.74) is 6.70. The van der Waals surface area contributed by atoms with Crippen LogP contribution in [-0.2, 0) is 6.54 Å². The normalized spacial score (nSPS) is 16.8. The molecule has 0 amide bonds. The lowest BCUT2D eigenvalue weighted by molar-refractivity contribution is 0.380. The van der Waals surface area contributed by atoms with Crippen molar-refractivity contribution in [3.05, 3.63) is 17.5 Å². The van der Waals surface area contributed by atoms with E-state index in [0.29, 0.717) is 18.5 Å². The van der Waals surface area contributed by atoms with E-state index in [1.165, 1.54) is 12.8 Å². The van der Waals surface area contributed by atoms with E-state index < -0.39 is 0 Å². The first-order valence-electron chi connectivity index (χ1n) is 5.12. The summed E-state index contributed by atoms with van der Waals surface area (Å²) in [4.78, 5) is 6.27. The van der Waals surface area contributed by atoms with E-state index in [1.54, 1.807) is 0 Å². The van der Waals surface area contributed by atoms with Crippen molar-refractivity contribution in [2.45, 2.75) is 32.4 Å². The lowest BCUT2D eigenvalue weighted by Crippen LogP contribution is -2.35. The Morgan fingerprint density at radius 2 is 2.47 bits per heavy atom. The Bertz CT molecular complexity index is 367. The van der Waals surface area contributed by atoms with Gasteiger partial charge in [0.05, 0.1) is 5.69 Å². The van der Waals surface area contributed by atoms with Gasteiger partial charge in [-0.15, -0.1) is 0 Å². The van der Waals surface area contributed by atoms with E-state index >= 15 is 0 Å². The third kappa shape index (κ3) is 2.49. The second-order valence-electron chi connectivity index (χ2n) is 3.95. The van der Waals surface area contributed by atoms with Crippen LogP contribution in [0, 0.1) is 6.92 Å². The summed E-state index contributed by atoms with van der Waals surface area (Å²) >= 11 is 0. The predicted molar refractivity (Wildman–Crippen MR) is 57.4 cm³/mol. The summed E-state index contributed by atoms with van der Waals surface area (Å²) in [5.74, 6) is 1.33. The number of guanidine groups is 1. The van der Waals surface area contributed by atoms with Gasteiger partial charge in [0.25, 0.3) is 0 Å². The van der Waals surface area contributed by atoms with Gasteiger partial charge in [0, 0.05) is 19.2 Å². The molecule has 0 atom stereocenters. The van der Waals surface area contributed by atoms with Crippen LogP contribution in [0.25, 0.3) is 0 Å². The predicted octanol–water partition coefficient (Wildman–Crippen LogP) is 0.892. The van der Waals surface area contributed by atoms with Gasteiger partial charge in [0.1, 0.15) is 6.54 Å². The van der Waals surface area contributed by atoms with Gasteiger partial charge in [0.2, 0.25) is 0 Å². The molecule has 1 aliphatic rings. The Hall–Kier alpha value is -1.52. The number of aliphatic imine (C=N–C) groups is 1. The van der Waals surface area contributed by atoms with Crippen molar-refractivity contribution in [3.8, 4) is 0 Å². The summed E-state index contributed by atoms with van der Waals surface area (Å²) in [6.07, 6.45) is 2.43. The Morgan fingerprint density at radius 3 is 3.00 bits per heavy atom. The fourth-order valence-corrected chi connectivity index (χ4v) is 1.41. The number of hydrogen-bond donors (Lipinski definition) is 1. The SMILES string of the molecule is Cc1cc(CN=C(N)N(C)C2CC2)on1. The molecule has 1 fully saturated rings. The van der Waals surface area contributed by atoms with Crippen molar-refractivity contribution in [1.29, 1.82) is 0 Å². The zero-order chi connectivity index (χ0) is 10.8. The highest BCUT2D eigenvalue weighted by molar-refractivity contribution is 5.78. The van der Waals surface area contributed by atoms with Crippen LogP contribution in [0.2, 0.25) is 0 Å². The van der Waals surface area contributed by atoms with E-state index in [-0.39, 0.29) is 0 Å². The topological polar surface area (TPSA) is 67.7 Å². The quantitative estimate of drug-likeness (QED) is 0.591. The molecule has 0 unspecified atom stereocenters. The van der Waals surface area contributed by atoms with Gasteiger partial charge in [-0.2, -0.15) is 0 Å². The van der Waals surface area contributed by atoms with E-state index in [1.807, 2.05) is 24.9 Å². The van der Waals surface area contributed by atoms with Gasteiger partial charge in [-0.05, 0) is 19.8 Å². The molecule has 0 saturated heterocycles.